The van der Waals surface area contributed by atoms with E-state index in [0.717, 1.165) is 37.4 Å². The highest BCUT2D eigenvalue weighted by atomic mass is 33.1. The van der Waals surface area contributed by atoms with E-state index in [0.29, 0.717) is 25.4 Å². The van der Waals surface area contributed by atoms with Crippen LogP contribution < -0.4 is 0 Å². The summed E-state index contributed by atoms with van der Waals surface area (Å²) in [6, 6.07) is 6.51. The second-order valence-corrected chi connectivity index (χ2v) is 9.64. The van der Waals surface area contributed by atoms with Gasteiger partial charge in [0.1, 0.15) is 19.0 Å². The predicted molar refractivity (Wildman–Crippen MR) is 118 cm³/mol. The van der Waals surface area contributed by atoms with E-state index < -0.39 is 0 Å². The molecule has 6 nitrogen and oxygen atoms in total. The van der Waals surface area contributed by atoms with Crippen LogP contribution in [-0.2, 0) is 25.5 Å². The van der Waals surface area contributed by atoms with Crippen LogP contribution in [0.3, 0.4) is 0 Å². The number of ether oxygens (including phenoxy) is 2. The number of phenolic OH excluding ortho intramolecular Hbond substituents is 1. The summed E-state index contributed by atoms with van der Waals surface area (Å²) in [7, 11) is 3.21. The summed E-state index contributed by atoms with van der Waals surface area (Å²) in [4.78, 5) is 25.9. The van der Waals surface area contributed by atoms with Gasteiger partial charge in [-0.3, -0.25) is 9.59 Å². The van der Waals surface area contributed by atoms with Crippen molar-refractivity contribution in [2.75, 3.05) is 44.4 Å². The molecule has 1 heterocycles. The predicted octanol–water partition coefficient (Wildman–Crippen LogP) is 3.67. The van der Waals surface area contributed by atoms with Crippen molar-refractivity contribution in [2.45, 2.75) is 38.5 Å². The van der Waals surface area contributed by atoms with E-state index in [-0.39, 0.29) is 24.1 Å². The summed E-state index contributed by atoms with van der Waals surface area (Å²) in [5.74, 6) is 1.20. The van der Waals surface area contributed by atoms with E-state index in [2.05, 4.69) is 4.90 Å². The van der Waals surface area contributed by atoms with Crippen molar-refractivity contribution in [3.05, 3.63) is 29.8 Å². The minimum atomic E-state index is -0.278. The molecule has 29 heavy (non-hydrogen) atoms. The topological polar surface area (TPSA) is 76.1 Å². The second kappa shape index (κ2) is 14.6. The molecule has 2 rings (SSSR count). The molecule has 0 radical (unpaired) electrons. The van der Waals surface area contributed by atoms with Crippen molar-refractivity contribution >= 4 is 33.5 Å². The van der Waals surface area contributed by atoms with Gasteiger partial charge in [-0.25, -0.2) is 0 Å². The summed E-state index contributed by atoms with van der Waals surface area (Å²) >= 11 is 0. The van der Waals surface area contributed by atoms with Gasteiger partial charge in [0.05, 0.1) is 6.42 Å². The van der Waals surface area contributed by atoms with Crippen LogP contribution in [0.25, 0.3) is 0 Å². The van der Waals surface area contributed by atoms with E-state index in [4.69, 9.17) is 9.47 Å². The number of piperidine rings is 1. The smallest absolute Gasteiger partial charge is 0.310 e. The van der Waals surface area contributed by atoms with Crippen LogP contribution in [0.5, 0.6) is 5.75 Å². The van der Waals surface area contributed by atoms with Gasteiger partial charge in [-0.1, -0.05) is 40.1 Å². The van der Waals surface area contributed by atoms with E-state index in [1.165, 1.54) is 19.3 Å². The third-order valence-corrected chi connectivity index (χ3v) is 6.86. The van der Waals surface area contributed by atoms with E-state index >= 15 is 0 Å². The van der Waals surface area contributed by atoms with Gasteiger partial charge in [0, 0.05) is 17.9 Å². The van der Waals surface area contributed by atoms with Crippen molar-refractivity contribution in [3.63, 3.8) is 0 Å². The molecule has 0 saturated carbocycles. The average molecular weight is 442 g/mol. The molecular formula is C21H31NO5S2. The van der Waals surface area contributed by atoms with Gasteiger partial charge in [-0.05, 0) is 56.6 Å². The Bertz CT molecular complexity index is 606. The second-order valence-electron chi connectivity index (χ2n) is 6.93. The number of nitrogens with zero attached hydrogens (tertiary/aromatic N) is 1. The zero-order valence-electron chi connectivity index (χ0n) is 16.8. The van der Waals surface area contributed by atoms with Gasteiger partial charge in [-0.15, -0.1) is 0 Å². The third-order valence-electron chi connectivity index (χ3n) is 4.53. The van der Waals surface area contributed by atoms with Crippen LogP contribution in [0, 0.1) is 0 Å². The molecule has 1 saturated heterocycles. The number of benzene rings is 1. The largest absolute Gasteiger partial charge is 0.508 e. The van der Waals surface area contributed by atoms with Crippen molar-refractivity contribution in [2.24, 2.45) is 0 Å². The number of hydrogen-bond donors (Lipinski definition) is 1. The fraction of sp³-hybridized carbons (Fsp3) is 0.619. The molecule has 1 N–H and O–H groups in total. The summed E-state index contributed by atoms with van der Waals surface area (Å²) < 4.78 is 10.4. The number of hydrogen-bond acceptors (Lipinski definition) is 8. The molecule has 162 valence electrons. The first-order valence-corrected chi connectivity index (χ1v) is 12.7. The Kier molecular flexibility index (Phi) is 12.0. The monoisotopic (exact) mass is 441 g/mol. The Morgan fingerprint density at radius 1 is 0.931 bits per heavy atom. The highest BCUT2D eigenvalue weighted by molar-refractivity contribution is 8.76. The van der Waals surface area contributed by atoms with Crippen molar-refractivity contribution in [1.82, 2.24) is 4.90 Å². The van der Waals surface area contributed by atoms with Gasteiger partial charge < -0.3 is 19.5 Å². The Morgan fingerprint density at radius 3 is 2.21 bits per heavy atom. The molecule has 1 aromatic rings. The molecule has 0 aromatic heterocycles. The number of rotatable bonds is 13. The molecule has 0 unspecified atom stereocenters. The Labute approximate surface area is 181 Å². The Morgan fingerprint density at radius 2 is 1.55 bits per heavy atom. The number of esters is 2. The van der Waals surface area contributed by atoms with Crippen LogP contribution in [0.15, 0.2) is 24.3 Å². The maximum atomic E-state index is 11.7. The molecule has 0 atom stereocenters. The summed E-state index contributed by atoms with van der Waals surface area (Å²) in [5.41, 5.74) is 0.813. The minimum Gasteiger partial charge on any atom is -0.508 e. The highest BCUT2D eigenvalue weighted by Gasteiger charge is 2.11. The number of aromatic hydroxyl groups is 1. The molecule has 0 amide bonds. The molecule has 1 aliphatic rings. The summed E-state index contributed by atoms with van der Waals surface area (Å²) in [6.45, 7) is 4.08. The van der Waals surface area contributed by atoms with Crippen molar-refractivity contribution in [1.29, 1.82) is 0 Å². The fourth-order valence-corrected chi connectivity index (χ4v) is 4.68. The zero-order valence-corrected chi connectivity index (χ0v) is 18.5. The molecule has 1 aliphatic heterocycles. The lowest BCUT2D eigenvalue weighted by Gasteiger charge is -2.26. The molecule has 0 aliphatic carbocycles. The maximum Gasteiger partial charge on any atom is 0.310 e. The first kappa shape index (κ1) is 23.9. The third kappa shape index (κ3) is 11.4. The minimum absolute atomic E-state index is 0.115. The first-order valence-electron chi connectivity index (χ1n) is 10.2. The number of carbonyl (C=O) groups is 2. The number of phenols is 1. The zero-order chi connectivity index (χ0) is 20.7. The summed E-state index contributed by atoms with van der Waals surface area (Å²) in [5, 5.41) is 9.22. The van der Waals surface area contributed by atoms with Gasteiger partial charge in [0.15, 0.2) is 0 Å². The lowest BCUT2D eigenvalue weighted by Crippen LogP contribution is -2.30. The summed E-state index contributed by atoms with van der Waals surface area (Å²) in [6.07, 6.45) is 5.44. The lowest BCUT2D eigenvalue weighted by molar-refractivity contribution is -0.143. The van der Waals surface area contributed by atoms with E-state index in [1.807, 2.05) is 0 Å². The number of carbonyl (C=O) groups excluding carboxylic acids is 2. The van der Waals surface area contributed by atoms with Gasteiger partial charge in [0.25, 0.3) is 0 Å². The standard InChI is InChI=1S/C21H31NO5S2/c23-19-8-6-18(7-9-19)17-21(25)27-14-16-29-28-15-13-26-20(24)5-4-12-22-10-2-1-3-11-22/h6-9,23H,1-5,10-17H2. The Balaban J connectivity index is 1.37. The van der Waals surface area contributed by atoms with E-state index in [1.54, 1.807) is 45.9 Å². The lowest BCUT2D eigenvalue weighted by atomic mass is 10.1. The van der Waals surface area contributed by atoms with Crippen LogP contribution in [0.4, 0.5) is 0 Å². The molecule has 8 heteroatoms. The fourth-order valence-electron chi connectivity index (χ4n) is 3.03. The molecular weight excluding hydrogens is 410 g/mol. The van der Waals surface area contributed by atoms with Gasteiger partial charge >= 0.3 is 11.9 Å². The van der Waals surface area contributed by atoms with Crippen molar-refractivity contribution < 1.29 is 24.2 Å². The van der Waals surface area contributed by atoms with Crippen LogP contribution >= 0.6 is 21.6 Å². The Hall–Kier alpha value is -1.38. The highest BCUT2D eigenvalue weighted by Crippen LogP contribution is 2.20. The van der Waals surface area contributed by atoms with Crippen LogP contribution in [0.2, 0.25) is 0 Å². The van der Waals surface area contributed by atoms with Gasteiger partial charge in [-0.2, -0.15) is 0 Å². The molecule has 1 fully saturated rings. The molecule has 0 bridgehead atoms. The van der Waals surface area contributed by atoms with Crippen molar-refractivity contribution in [3.8, 4) is 5.75 Å². The quantitative estimate of drug-likeness (QED) is 0.282. The van der Waals surface area contributed by atoms with E-state index in [9.17, 15) is 14.7 Å². The number of likely N-dealkylation sites (tertiary alicyclic amines) is 1. The SMILES string of the molecule is O=C(CCCN1CCCCC1)OCCSSCCOC(=O)Cc1ccc(O)cc1. The molecule has 0 spiro atoms. The molecule has 1 aromatic carbocycles. The van der Waals surface area contributed by atoms with Crippen LogP contribution in [0.1, 0.15) is 37.7 Å². The average Bonchev–Trinajstić information content (AvgIpc) is 2.72. The normalized spacial score (nSPS) is 14.5. The van der Waals surface area contributed by atoms with Crippen LogP contribution in [-0.4, -0.2) is 66.3 Å². The first-order chi connectivity index (χ1) is 14.1. The maximum absolute atomic E-state index is 11.7. The van der Waals surface area contributed by atoms with Gasteiger partial charge in [0.2, 0.25) is 0 Å².